The predicted molar refractivity (Wildman–Crippen MR) is 79.5 cm³/mol. The Morgan fingerprint density at radius 2 is 2.05 bits per heavy atom. The van der Waals surface area contributed by atoms with Crippen molar-refractivity contribution in [3.8, 4) is 0 Å². The van der Waals surface area contributed by atoms with Crippen LogP contribution in [0.15, 0.2) is 12.1 Å². The number of ether oxygens (including phenoxy) is 1. The van der Waals surface area contributed by atoms with E-state index in [1.54, 1.807) is 6.07 Å². The van der Waals surface area contributed by atoms with Crippen LogP contribution in [0.3, 0.4) is 0 Å². The van der Waals surface area contributed by atoms with Gasteiger partial charge in [0.2, 0.25) is 0 Å². The Labute approximate surface area is 129 Å². The van der Waals surface area contributed by atoms with Gasteiger partial charge in [-0.3, -0.25) is 0 Å². The molecular weight excluding hydrogens is 292 g/mol. The van der Waals surface area contributed by atoms with E-state index >= 15 is 0 Å². The Morgan fingerprint density at radius 1 is 1.29 bits per heavy atom. The topological polar surface area (TPSA) is 58.6 Å². The highest BCUT2D eigenvalue weighted by Crippen LogP contribution is 2.34. The molecule has 1 aromatic heterocycles. The van der Waals surface area contributed by atoms with Gasteiger partial charge < -0.3 is 14.5 Å². The van der Waals surface area contributed by atoms with E-state index in [0.29, 0.717) is 11.7 Å². The lowest BCUT2D eigenvalue weighted by atomic mass is 10.2. The van der Waals surface area contributed by atoms with Gasteiger partial charge in [0, 0.05) is 13.1 Å². The van der Waals surface area contributed by atoms with Crippen molar-refractivity contribution in [1.82, 2.24) is 15.1 Å². The highest BCUT2D eigenvalue weighted by molar-refractivity contribution is 6.29. The van der Waals surface area contributed by atoms with Crippen molar-refractivity contribution in [3.63, 3.8) is 0 Å². The quantitative estimate of drug-likeness (QED) is 0.797. The van der Waals surface area contributed by atoms with Gasteiger partial charge in [0.1, 0.15) is 5.60 Å². The van der Waals surface area contributed by atoms with E-state index < -0.39 is 5.60 Å². The molecule has 21 heavy (non-hydrogen) atoms. The molecule has 7 heteroatoms. The zero-order valence-electron chi connectivity index (χ0n) is 12.4. The van der Waals surface area contributed by atoms with Crippen LogP contribution < -0.4 is 4.90 Å². The van der Waals surface area contributed by atoms with E-state index in [1.165, 1.54) is 0 Å². The lowest BCUT2D eigenvalue weighted by Crippen LogP contribution is -2.50. The third-order valence-electron chi connectivity index (χ3n) is 3.78. The highest BCUT2D eigenvalue weighted by atomic mass is 35.5. The second-order valence-corrected chi connectivity index (χ2v) is 6.93. The van der Waals surface area contributed by atoms with E-state index in [-0.39, 0.29) is 18.2 Å². The van der Waals surface area contributed by atoms with Crippen molar-refractivity contribution < 1.29 is 9.53 Å². The fraction of sp³-hybridized carbons (Fsp3) is 0.643. The number of piperazine rings is 1. The first-order valence-corrected chi connectivity index (χ1v) is 7.47. The number of rotatable bonds is 1. The minimum absolute atomic E-state index is 0.183. The van der Waals surface area contributed by atoms with Gasteiger partial charge >= 0.3 is 6.09 Å². The van der Waals surface area contributed by atoms with Crippen LogP contribution in [0, 0.1) is 0 Å². The Morgan fingerprint density at radius 3 is 2.57 bits per heavy atom. The van der Waals surface area contributed by atoms with Gasteiger partial charge in [0.15, 0.2) is 11.0 Å². The number of anilines is 1. The molecule has 1 aromatic rings. The number of amides is 1. The van der Waals surface area contributed by atoms with Crippen LogP contribution in [-0.4, -0.2) is 52.0 Å². The average Bonchev–Trinajstić information content (AvgIpc) is 2.97. The van der Waals surface area contributed by atoms with Crippen molar-refractivity contribution >= 4 is 23.5 Å². The summed E-state index contributed by atoms with van der Waals surface area (Å²) in [5.74, 6) is 0.815. The summed E-state index contributed by atoms with van der Waals surface area (Å²) in [7, 11) is 0. The van der Waals surface area contributed by atoms with Crippen molar-refractivity contribution in [2.75, 3.05) is 18.0 Å². The lowest BCUT2D eigenvalue weighted by Gasteiger charge is -2.35. The summed E-state index contributed by atoms with van der Waals surface area (Å²) in [4.78, 5) is 16.2. The number of carbonyl (C=O) groups excluding carboxylic acids is 1. The lowest BCUT2D eigenvalue weighted by molar-refractivity contribution is 0.0214. The SMILES string of the molecule is CC(C)(C)OC(=O)N1C[C@@H]2CC1CN2c1ccc(Cl)nn1. The summed E-state index contributed by atoms with van der Waals surface area (Å²) in [5, 5.41) is 8.38. The molecule has 2 atom stereocenters. The molecule has 114 valence electrons. The summed E-state index contributed by atoms with van der Waals surface area (Å²) in [5.41, 5.74) is -0.458. The van der Waals surface area contributed by atoms with Crippen LogP contribution in [0.4, 0.5) is 10.6 Å². The third-order valence-corrected chi connectivity index (χ3v) is 3.98. The molecule has 2 fully saturated rings. The minimum Gasteiger partial charge on any atom is -0.444 e. The fourth-order valence-electron chi connectivity index (χ4n) is 2.95. The number of carbonyl (C=O) groups is 1. The molecular formula is C14H19ClN4O2. The monoisotopic (exact) mass is 310 g/mol. The third kappa shape index (κ3) is 2.90. The van der Waals surface area contributed by atoms with Crippen LogP contribution in [0.2, 0.25) is 5.15 Å². The van der Waals surface area contributed by atoms with Crippen LogP contribution in [0.5, 0.6) is 0 Å². The first-order chi connectivity index (χ1) is 9.83. The Kier molecular flexibility index (Phi) is 3.43. The number of fused-ring (bicyclic) bond motifs is 2. The fourth-order valence-corrected chi connectivity index (χ4v) is 3.05. The predicted octanol–water partition coefficient (Wildman–Crippen LogP) is 2.33. The number of hydrogen-bond donors (Lipinski definition) is 0. The molecule has 2 aliphatic heterocycles. The number of likely N-dealkylation sites (tertiary alicyclic amines) is 1. The minimum atomic E-state index is -0.458. The molecule has 2 saturated heterocycles. The zero-order chi connectivity index (χ0) is 15.2. The summed E-state index contributed by atoms with van der Waals surface area (Å²) in [6, 6.07) is 4.07. The van der Waals surface area contributed by atoms with Gasteiger partial charge in [0.25, 0.3) is 0 Å². The molecule has 3 rings (SSSR count). The molecule has 2 aliphatic rings. The molecule has 0 saturated carbocycles. The molecule has 0 radical (unpaired) electrons. The summed E-state index contributed by atoms with van der Waals surface area (Å²) in [6.45, 7) is 7.09. The van der Waals surface area contributed by atoms with Crippen LogP contribution >= 0.6 is 11.6 Å². The first-order valence-electron chi connectivity index (χ1n) is 7.09. The molecule has 1 amide bonds. The maximum atomic E-state index is 12.2. The van der Waals surface area contributed by atoms with Crippen molar-refractivity contribution in [1.29, 1.82) is 0 Å². The molecule has 0 spiro atoms. The largest absolute Gasteiger partial charge is 0.444 e. The van der Waals surface area contributed by atoms with Crippen molar-refractivity contribution in [2.24, 2.45) is 0 Å². The van der Waals surface area contributed by atoms with Gasteiger partial charge in [-0.1, -0.05) is 11.6 Å². The van der Waals surface area contributed by atoms with Gasteiger partial charge in [0.05, 0.1) is 12.1 Å². The Balaban J connectivity index is 1.66. The van der Waals surface area contributed by atoms with Crippen LogP contribution in [-0.2, 0) is 4.74 Å². The number of halogens is 1. The molecule has 2 bridgehead atoms. The maximum absolute atomic E-state index is 12.2. The first kappa shape index (κ1) is 14.4. The van der Waals surface area contributed by atoms with Crippen molar-refractivity contribution in [2.45, 2.75) is 44.9 Å². The maximum Gasteiger partial charge on any atom is 0.410 e. The molecule has 0 N–H and O–H groups in total. The van der Waals surface area contributed by atoms with Gasteiger partial charge in [-0.15, -0.1) is 10.2 Å². The smallest absolute Gasteiger partial charge is 0.410 e. The Hall–Kier alpha value is -1.56. The van der Waals surface area contributed by atoms with Crippen LogP contribution in [0.1, 0.15) is 27.2 Å². The van der Waals surface area contributed by atoms with E-state index in [1.807, 2.05) is 31.7 Å². The summed E-state index contributed by atoms with van der Waals surface area (Å²) < 4.78 is 5.45. The molecule has 6 nitrogen and oxygen atoms in total. The van der Waals surface area contributed by atoms with E-state index in [4.69, 9.17) is 16.3 Å². The van der Waals surface area contributed by atoms with E-state index in [9.17, 15) is 4.79 Å². The average molecular weight is 311 g/mol. The second-order valence-electron chi connectivity index (χ2n) is 6.54. The number of nitrogens with zero attached hydrogens (tertiary/aromatic N) is 4. The normalized spacial score (nSPS) is 24.6. The van der Waals surface area contributed by atoms with Crippen molar-refractivity contribution in [3.05, 3.63) is 17.3 Å². The zero-order valence-corrected chi connectivity index (χ0v) is 13.2. The van der Waals surface area contributed by atoms with Gasteiger partial charge in [-0.05, 0) is 39.3 Å². The number of hydrogen-bond acceptors (Lipinski definition) is 5. The molecule has 0 aromatic carbocycles. The molecule has 0 aliphatic carbocycles. The second kappa shape index (κ2) is 5.02. The number of aromatic nitrogens is 2. The summed E-state index contributed by atoms with van der Waals surface area (Å²) in [6.07, 6.45) is 0.723. The van der Waals surface area contributed by atoms with Gasteiger partial charge in [-0.25, -0.2) is 4.79 Å². The van der Waals surface area contributed by atoms with Gasteiger partial charge in [-0.2, -0.15) is 0 Å². The summed E-state index contributed by atoms with van der Waals surface area (Å²) >= 11 is 5.76. The highest BCUT2D eigenvalue weighted by Gasteiger charge is 2.47. The van der Waals surface area contributed by atoms with Crippen LogP contribution in [0.25, 0.3) is 0 Å². The standard InChI is InChI=1S/C14H19ClN4O2/c1-14(2,3)21-13(20)19-8-9-6-10(19)7-18(9)12-5-4-11(15)16-17-12/h4-5,9-10H,6-8H2,1-3H3/t9-,10?/m0/s1. The van der Waals surface area contributed by atoms with E-state index in [0.717, 1.165) is 18.8 Å². The molecule has 3 heterocycles. The van der Waals surface area contributed by atoms with E-state index in [2.05, 4.69) is 15.1 Å². The Bertz CT molecular complexity index is 543. The molecule has 1 unspecified atom stereocenters.